The molecule has 0 unspecified atom stereocenters. The molecule has 1 fully saturated rings. The summed E-state index contributed by atoms with van der Waals surface area (Å²) in [6.07, 6.45) is 7.47. The van der Waals surface area contributed by atoms with Crippen LogP contribution in [0.25, 0.3) is 10.8 Å². The van der Waals surface area contributed by atoms with Gasteiger partial charge in [0.25, 0.3) is 0 Å². The molecule has 1 aliphatic rings. The highest BCUT2D eigenvalue weighted by molar-refractivity contribution is 5.91. The molecule has 1 aromatic carbocycles. The number of hydrogen-bond donors (Lipinski definition) is 1. The lowest BCUT2D eigenvalue weighted by atomic mass is 9.83. The quantitative estimate of drug-likeness (QED) is 0.937. The molecule has 112 valence electrons. The second-order valence-corrected chi connectivity index (χ2v) is 5.88. The lowest BCUT2D eigenvalue weighted by Crippen LogP contribution is -2.47. The van der Waals surface area contributed by atoms with E-state index in [9.17, 15) is 0 Å². The van der Waals surface area contributed by atoms with E-state index in [-0.39, 0.29) is 5.54 Å². The van der Waals surface area contributed by atoms with Crippen molar-refractivity contribution >= 4 is 10.8 Å². The predicted octanol–water partition coefficient (Wildman–Crippen LogP) is 3.28. The fourth-order valence-corrected chi connectivity index (χ4v) is 3.06. The average molecular weight is 286 g/mol. The molecule has 0 atom stereocenters. The van der Waals surface area contributed by atoms with Crippen LogP contribution in [0.2, 0.25) is 0 Å². The molecule has 21 heavy (non-hydrogen) atoms. The maximum absolute atomic E-state index is 6.43. The van der Waals surface area contributed by atoms with Crippen LogP contribution in [0.3, 0.4) is 0 Å². The van der Waals surface area contributed by atoms with Crippen molar-refractivity contribution in [3.8, 4) is 11.6 Å². The molecule has 1 aromatic heterocycles. The maximum Gasteiger partial charge on any atom is 0.221 e. The van der Waals surface area contributed by atoms with E-state index in [1.54, 1.807) is 13.3 Å². The lowest BCUT2D eigenvalue weighted by molar-refractivity contribution is 0.171. The first-order chi connectivity index (χ1) is 10.2. The van der Waals surface area contributed by atoms with Gasteiger partial charge in [0.05, 0.1) is 12.6 Å². The van der Waals surface area contributed by atoms with Crippen LogP contribution in [0, 0.1) is 0 Å². The zero-order chi connectivity index (χ0) is 14.7. The van der Waals surface area contributed by atoms with Gasteiger partial charge >= 0.3 is 0 Å². The number of fused-ring (bicyclic) bond motifs is 1. The van der Waals surface area contributed by atoms with E-state index < -0.39 is 0 Å². The largest absolute Gasteiger partial charge is 0.496 e. The fourth-order valence-electron chi connectivity index (χ4n) is 3.06. The molecule has 2 N–H and O–H groups in total. The zero-order valence-corrected chi connectivity index (χ0v) is 12.5. The van der Waals surface area contributed by atoms with Crippen LogP contribution in [0.4, 0.5) is 0 Å². The summed E-state index contributed by atoms with van der Waals surface area (Å²) in [5.41, 5.74) is 6.22. The first kappa shape index (κ1) is 14.1. The normalized spacial score (nSPS) is 17.6. The van der Waals surface area contributed by atoms with Gasteiger partial charge in [0.15, 0.2) is 0 Å². The zero-order valence-electron chi connectivity index (χ0n) is 12.5. The molecular weight excluding hydrogens is 264 g/mol. The number of methoxy groups -OCH3 is 1. The third-order valence-electron chi connectivity index (χ3n) is 4.30. The van der Waals surface area contributed by atoms with Gasteiger partial charge < -0.3 is 15.2 Å². The van der Waals surface area contributed by atoms with Gasteiger partial charge in [-0.15, -0.1) is 0 Å². The molecule has 1 aliphatic carbocycles. The summed E-state index contributed by atoms with van der Waals surface area (Å²) in [6, 6.07) is 7.84. The minimum atomic E-state index is -0.207. The molecule has 4 heteroatoms. The summed E-state index contributed by atoms with van der Waals surface area (Å²) in [4.78, 5) is 4.36. The van der Waals surface area contributed by atoms with Crippen molar-refractivity contribution in [3.63, 3.8) is 0 Å². The Morgan fingerprint density at radius 3 is 2.71 bits per heavy atom. The third kappa shape index (κ3) is 2.95. The molecule has 0 bridgehead atoms. The van der Waals surface area contributed by atoms with Crippen LogP contribution in [-0.2, 0) is 0 Å². The Kier molecular flexibility index (Phi) is 3.97. The molecule has 4 nitrogen and oxygen atoms in total. The van der Waals surface area contributed by atoms with Gasteiger partial charge in [-0.2, -0.15) is 0 Å². The van der Waals surface area contributed by atoms with E-state index >= 15 is 0 Å². The SMILES string of the molecule is COc1cccc2c(OCC3(N)CCCCC3)nccc12. The van der Waals surface area contributed by atoms with Crippen LogP contribution < -0.4 is 15.2 Å². The van der Waals surface area contributed by atoms with Gasteiger partial charge in [-0.05, 0) is 31.0 Å². The number of pyridine rings is 1. The van der Waals surface area contributed by atoms with E-state index in [0.29, 0.717) is 12.5 Å². The Labute approximate surface area is 125 Å². The number of ether oxygens (including phenoxy) is 2. The van der Waals surface area contributed by atoms with Crippen molar-refractivity contribution in [1.29, 1.82) is 0 Å². The van der Waals surface area contributed by atoms with Crippen LogP contribution >= 0.6 is 0 Å². The van der Waals surface area contributed by atoms with Crippen LogP contribution in [0.1, 0.15) is 32.1 Å². The van der Waals surface area contributed by atoms with E-state index in [1.165, 1.54) is 19.3 Å². The molecule has 1 saturated carbocycles. The highest BCUT2D eigenvalue weighted by Crippen LogP contribution is 2.32. The summed E-state index contributed by atoms with van der Waals surface area (Å²) in [5, 5.41) is 1.98. The van der Waals surface area contributed by atoms with Crippen molar-refractivity contribution in [2.24, 2.45) is 5.73 Å². The Bertz CT molecular complexity index is 621. The maximum atomic E-state index is 6.43. The Morgan fingerprint density at radius 1 is 1.14 bits per heavy atom. The molecule has 1 heterocycles. The van der Waals surface area contributed by atoms with Gasteiger partial charge in [-0.3, -0.25) is 0 Å². The van der Waals surface area contributed by atoms with Crippen molar-refractivity contribution < 1.29 is 9.47 Å². The Hall–Kier alpha value is -1.81. The van der Waals surface area contributed by atoms with Crippen molar-refractivity contribution in [2.75, 3.05) is 13.7 Å². The van der Waals surface area contributed by atoms with Gasteiger partial charge in [-0.25, -0.2) is 4.98 Å². The van der Waals surface area contributed by atoms with Gasteiger partial charge in [-0.1, -0.05) is 25.3 Å². The summed E-state index contributed by atoms with van der Waals surface area (Å²) in [5.74, 6) is 1.47. The lowest BCUT2D eigenvalue weighted by Gasteiger charge is -2.32. The van der Waals surface area contributed by atoms with Gasteiger partial charge in [0.2, 0.25) is 5.88 Å². The summed E-state index contributed by atoms with van der Waals surface area (Å²) < 4.78 is 11.4. The van der Waals surface area contributed by atoms with Crippen molar-refractivity contribution in [1.82, 2.24) is 4.98 Å². The first-order valence-electron chi connectivity index (χ1n) is 7.55. The first-order valence-corrected chi connectivity index (χ1v) is 7.55. The number of benzene rings is 1. The third-order valence-corrected chi connectivity index (χ3v) is 4.30. The van der Waals surface area contributed by atoms with E-state index in [4.69, 9.17) is 15.2 Å². The van der Waals surface area contributed by atoms with Crippen LogP contribution in [0.5, 0.6) is 11.6 Å². The Balaban J connectivity index is 1.84. The number of nitrogens with zero attached hydrogens (tertiary/aromatic N) is 1. The second-order valence-electron chi connectivity index (χ2n) is 5.88. The summed E-state index contributed by atoms with van der Waals surface area (Å²) >= 11 is 0. The predicted molar refractivity (Wildman–Crippen MR) is 83.8 cm³/mol. The molecule has 0 aliphatic heterocycles. The number of rotatable bonds is 4. The smallest absolute Gasteiger partial charge is 0.221 e. The molecule has 0 amide bonds. The van der Waals surface area contributed by atoms with Crippen LogP contribution in [0.15, 0.2) is 30.5 Å². The van der Waals surface area contributed by atoms with Crippen molar-refractivity contribution in [2.45, 2.75) is 37.6 Å². The van der Waals surface area contributed by atoms with E-state index in [0.717, 1.165) is 29.4 Å². The van der Waals surface area contributed by atoms with Gasteiger partial charge in [0.1, 0.15) is 12.4 Å². The summed E-state index contributed by atoms with van der Waals surface area (Å²) in [6.45, 7) is 0.524. The minimum Gasteiger partial charge on any atom is -0.496 e. The molecule has 2 aromatic rings. The van der Waals surface area contributed by atoms with Crippen LogP contribution in [-0.4, -0.2) is 24.2 Å². The fraction of sp³-hybridized carbons (Fsp3) is 0.471. The molecule has 0 radical (unpaired) electrons. The average Bonchev–Trinajstić information content (AvgIpc) is 2.53. The second kappa shape index (κ2) is 5.90. The molecule has 0 saturated heterocycles. The van der Waals surface area contributed by atoms with E-state index in [1.807, 2.05) is 24.3 Å². The minimum absolute atomic E-state index is 0.207. The Morgan fingerprint density at radius 2 is 1.95 bits per heavy atom. The highest BCUT2D eigenvalue weighted by atomic mass is 16.5. The van der Waals surface area contributed by atoms with Gasteiger partial charge in [0, 0.05) is 17.0 Å². The van der Waals surface area contributed by atoms with E-state index in [2.05, 4.69) is 4.98 Å². The number of aromatic nitrogens is 1. The number of nitrogens with two attached hydrogens (primary N) is 1. The molecule has 0 spiro atoms. The highest BCUT2D eigenvalue weighted by Gasteiger charge is 2.28. The topological polar surface area (TPSA) is 57.4 Å². The summed E-state index contributed by atoms with van der Waals surface area (Å²) in [7, 11) is 1.67. The number of hydrogen-bond acceptors (Lipinski definition) is 4. The monoisotopic (exact) mass is 286 g/mol. The van der Waals surface area contributed by atoms with Crippen molar-refractivity contribution in [3.05, 3.63) is 30.5 Å². The molecule has 3 rings (SSSR count). The molecular formula is C17H22N2O2. The standard InChI is InChI=1S/C17H22N2O2/c1-20-15-7-5-6-14-13(15)8-11-19-16(14)21-12-17(18)9-3-2-4-10-17/h5-8,11H,2-4,9-10,12,18H2,1H3.